The van der Waals surface area contributed by atoms with Gasteiger partial charge >= 0.3 is 0 Å². The lowest BCUT2D eigenvalue weighted by atomic mass is 10.3. The molecule has 0 fully saturated rings. The highest BCUT2D eigenvalue weighted by Crippen LogP contribution is 2.32. The van der Waals surface area contributed by atoms with Crippen molar-refractivity contribution in [3.8, 4) is 0 Å². The fourth-order valence-electron chi connectivity index (χ4n) is 0.907. The summed E-state index contributed by atoms with van der Waals surface area (Å²) in [6, 6.07) is 5.39. The average molecular weight is 220 g/mol. The van der Waals surface area contributed by atoms with Crippen LogP contribution in [0.25, 0.3) is 0 Å². The fraction of sp³-hybridized carbons (Fsp3) is 0.333. The van der Waals surface area contributed by atoms with E-state index in [0.717, 1.165) is 4.90 Å². The molecule has 1 aromatic carbocycles. The summed E-state index contributed by atoms with van der Waals surface area (Å²) in [5, 5.41) is 0.642. The highest BCUT2D eigenvalue weighted by molar-refractivity contribution is 7.99. The molecule has 0 radical (unpaired) electrons. The first kappa shape index (κ1) is 10.7. The molecule has 0 aliphatic rings. The first-order chi connectivity index (χ1) is 6.25. The Balaban J connectivity index is 2.64. The van der Waals surface area contributed by atoms with Gasteiger partial charge in [-0.05, 0) is 18.6 Å². The summed E-state index contributed by atoms with van der Waals surface area (Å²) in [4.78, 5) is 0.859. The number of anilines is 1. The Hall–Kier alpha value is -0.410. The second kappa shape index (κ2) is 5.35. The number of alkyl halides is 1. The van der Waals surface area contributed by atoms with Crippen molar-refractivity contribution in [2.45, 2.75) is 11.3 Å². The van der Waals surface area contributed by atoms with Crippen LogP contribution in [0, 0.1) is 0 Å². The van der Waals surface area contributed by atoms with Gasteiger partial charge in [0.1, 0.15) is 0 Å². The van der Waals surface area contributed by atoms with E-state index >= 15 is 0 Å². The normalized spacial score (nSPS) is 10.3. The Bertz CT molecular complexity index is 260. The van der Waals surface area contributed by atoms with Crippen molar-refractivity contribution in [3.05, 3.63) is 23.2 Å². The van der Waals surface area contributed by atoms with E-state index in [1.165, 1.54) is 11.8 Å². The summed E-state index contributed by atoms with van der Waals surface area (Å²) in [6.45, 7) is -0.294. The molecule has 0 unspecified atom stereocenters. The molecule has 1 aromatic rings. The van der Waals surface area contributed by atoms with Crippen LogP contribution in [0.15, 0.2) is 23.1 Å². The molecule has 1 nitrogen and oxygen atoms in total. The summed E-state index contributed by atoms with van der Waals surface area (Å²) in [5.41, 5.74) is 6.37. The van der Waals surface area contributed by atoms with E-state index in [1.54, 1.807) is 18.2 Å². The van der Waals surface area contributed by atoms with Crippen LogP contribution in [0.4, 0.5) is 10.1 Å². The van der Waals surface area contributed by atoms with Crippen molar-refractivity contribution in [3.63, 3.8) is 0 Å². The maximum absolute atomic E-state index is 11.8. The Morgan fingerprint density at radius 1 is 1.46 bits per heavy atom. The van der Waals surface area contributed by atoms with Gasteiger partial charge in [-0.1, -0.05) is 17.7 Å². The van der Waals surface area contributed by atoms with E-state index in [-0.39, 0.29) is 6.67 Å². The van der Waals surface area contributed by atoms with Crippen LogP contribution in [0.2, 0.25) is 5.02 Å². The molecule has 0 bridgehead atoms. The van der Waals surface area contributed by atoms with Crippen molar-refractivity contribution in [2.24, 2.45) is 0 Å². The highest BCUT2D eigenvalue weighted by atomic mass is 35.5. The summed E-state index contributed by atoms with van der Waals surface area (Å²) in [7, 11) is 0. The third-order valence-electron chi connectivity index (χ3n) is 1.52. The predicted molar refractivity (Wildman–Crippen MR) is 57.2 cm³/mol. The van der Waals surface area contributed by atoms with E-state index in [1.807, 2.05) is 0 Å². The molecular weight excluding hydrogens is 209 g/mol. The smallest absolute Gasteiger partial charge is 0.0902 e. The lowest BCUT2D eigenvalue weighted by molar-refractivity contribution is 0.489. The van der Waals surface area contributed by atoms with Crippen LogP contribution < -0.4 is 5.73 Å². The van der Waals surface area contributed by atoms with Gasteiger partial charge in [0.25, 0.3) is 0 Å². The third-order valence-corrected chi connectivity index (χ3v) is 3.19. The first-order valence-electron chi connectivity index (χ1n) is 3.98. The Morgan fingerprint density at radius 3 is 2.85 bits per heavy atom. The molecule has 0 saturated carbocycles. The number of benzene rings is 1. The molecule has 0 aliphatic heterocycles. The van der Waals surface area contributed by atoms with Gasteiger partial charge in [-0.25, -0.2) is 0 Å². The third kappa shape index (κ3) is 3.08. The minimum Gasteiger partial charge on any atom is -0.398 e. The zero-order valence-corrected chi connectivity index (χ0v) is 8.67. The van der Waals surface area contributed by atoms with Crippen LogP contribution in [-0.4, -0.2) is 12.4 Å². The van der Waals surface area contributed by atoms with Gasteiger partial charge in [0.05, 0.1) is 11.7 Å². The summed E-state index contributed by atoms with van der Waals surface area (Å²) in [6.07, 6.45) is 0.537. The van der Waals surface area contributed by atoms with Gasteiger partial charge in [0.15, 0.2) is 0 Å². The maximum Gasteiger partial charge on any atom is 0.0902 e. The standard InChI is InChI=1S/C9H11ClFNS/c10-7-3-1-4-8(12)9(7)13-6-2-5-11/h1,3-4H,2,5-6,12H2. The minimum atomic E-state index is -0.294. The zero-order valence-electron chi connectivity index (χ0n) is 7.09. The average Bonchev–Trinajstić information content (AvgIpc) is 2.10. The van der Waals surface area contributed by atoms with Crippen molar-refractivity contribution < 1.29 is 4.39 Å². The number of hydrogen-bond acceptors (Lipinski definition) is 2. The molecule has 0 saturated heterocycles. The van der Waals surface area contributed by atoms with Gasteiger partial charge in [-0.3, -0.25) is 4.39 Å². The molecule has 0 aromatic heterocycles. The molecule has 0 amide bonds. The van der Waals surface area contributed by atoms with E-state index in [0.29, 0.717) is 22.9 Å². The van der Waals surface area contributed by atoms with Crippen molar-refractivity contribution >= 4 is 29.1 Å². The fourth-order valence-corrected chi connectivity index (χ4v) is 2.15. The van der Waals surface area contributed by atoms with Crippen molar-refractivity contribution in [1.29, 1.82) is 0 Å². The number of halogens is 2. The summed E-state index contributed by atoms with van der Waals surface area (Å²) in [5.74, 6) is 0.713. The summed E-state index contributed by atoms with van der Waals surface area (Å²) >= 11 is 7.42. The largest absolute Gasteiger partial charge is 0.398 e. The summed E-state index contributed by atoms with van der Waals surface area (Å²) < 4.78 is 11.8. The second-order valence-corrected chi connectivity index (χ2v) is 4.06. The van der Waals surface area contributed by atoms with Gasteiger partial charge in [0, 0.05) is 16.3 Å². The van der Waals surface area contributed by atoms with E-state index in [4.69, 9.17) is 17.3 Å². The SMILES string of the molecule is Nc1cccc(Cl)c1SCCCF. The van der Waals surface area contributed by atoms with Gasteiger partial charge < -0.3 is 5.73 Å². The van der Waals surface area contributed by atoms with E-state index in [2.05, 4.69) is 0 Å². The van der Waals surface area contributed by atoms with Crippen LogP contribution in [0.3, 0.4) is 0 Å². The first-order valence-corrected chi connectivity index (χ1v) is 5.35. The van der Waals surface area contributed by atoms with Crippen LogP contribution in [0.5, 0.6) is 0 Å². The Morgan fingerprint density at radius 2 is 2.23 bits per heavy atom. The number of nitrogen functional groups attached to an aromatic ring is 1. The highest BCUT2D eigenvalue weighted by Gasteiger charge is 2.03. The topological polar surface area (TPSA) is 26.0 Å². The van der Waals surface area contributed by atoms with Crippen LogP contribution >= 0.6 is 23.4 Å². The Labute approximate surface area is 86.5 Å². The quantitative estimate of drug-likeness (QED) is 0.477. The molecule has 0 aliphatic carbocycles. The molecule has 0 atom stereocenters. The molecule has 72 valence electrons. The van der Waals surface area contributed by atoms with Crippen molar-refractivity contribution in [2.75, 3.05) is 18.2 Å². The van der Waals surface area contributed by atoms with Gasteiger partial charge in [0.2, 0.25) is 0 Å². The van der Waals surface area contributed by atoms with E-state index < -0.39 is 0 Å². The maximum atomic E-state index is 11.8. The Kier molecular flexibility index (Phi) is 4.39. The second-order valence-electron chi connectivity index (χ2n) is 2.55. The number of rotatable bonds is 4. The monoisotopic (exact) mass is 219 g/mol. The molecule has 13 heavy (non-hydrogen) atoms. The lowest BCUT2D eigenvalue weighted by Gasteiger charge is -2.05. The van der Waals surface area contributed by atoms with Crippen molar-refractivity contribution in [1.82, 2.24) is 0 Å². The van der Waals surface area contributed by atoms with Gasteiger partial charge in [-0.15, -0.1) is 11.8 Å². The molecule has 4 heteroatoms. The molecule has 2 N–H and O–H groups in total. The number of nitrogens with two attached hydrogens (primary N) is 1. The van der Waals surface area contributed by atoms with E-state index in [9.17, 15) is 4.39 Å². The lowest BCUT2D eigenvalue weighted by Crippen LogP contribution is -1.90. The minimum absolute atomic E-state index is 0.294. The predicted octanol–water partition coefficient (Wildman–Crippen LogP) is 3.37. The zero-order chi connectivity index (χ0) is 9.68. The molecule has 1 rings (SSSR count). The van der Waals surface area contributed by atoms with Gasteiger partial charge in [-0.2, -0.15) is 0 Å². The molecular formula is C9H11ClFNS. The number of thioether (sulfide) groups is 1. The van der Waals surface area contributed by atoms with Crippen LogP contribution in [0.1, 0.15) is 6.42 Å². The molecule has 0 spiro atoms. The number of hydrogen-bond donors (Lipinski definition) is 1. The molecule has 0 heterocycles. The van der Waals surface area contributed by atoms with Crippen LogP contribution in [-0.2, 0) is 0 Å².